The molecule has 0 heterocycles. The zero-order valence-corrected chi connectivity index (χ0v) is 10.8. The third-order valence-electron chi connectivity index (χ3n) is 0.126. The molecule has 0 spiro atoms. The van der Waals surface area contributed by atoms with Gasteiger partial charge in [0.05, 0.1) is 0 Å². The van der Waals surface area contributed by atoms with Crippen LogP contribution in [-0.4, -0.2) is 74.1 Å². The van der Waals surface area contributed by atoms with Crippen molar-refractivity contribution in [1.29, 1.82) is 0 Å². The molecule has 0 fully saturated rings. The normalized spacial score (nSPS) is 7.67. The van der Waals surface area contributed by atoms with Gasteiger partial charge in [-0.2, -0.15) is 0 Å². The van der Waals surface area contributed by atoms with Crippen molar-refractivity contribution in [2.24, 2.45) is 0 Å². The van der Waals surface area contributed by atoms with E-state index in [1.165, 1.54) is 0 Å². The standard InChI is InChI=1S/2Ca.IO3.H/c;;2-1(3)4;/q;+1;-1;. The summed E-state index contributed by atoms with van der Waals surface area (Å²) in [4.78, 5) is 0. The maximum absolute atomic E-state index is 9.32. The number of halogens is 1. The molecule has 0 amide bonds. The minimum absolute atomic E-state index is 0. The van der Waals surface area contributed by atoms with Crippen molar-refractivity contribution in [3.05, 3.63) is 0 Å². The van der Waals surface area contributed by atoms with Gasteiger partial charge in [-0.25, -0.2) is 0 Å². The fraction of sp³-hybridized carbons (Fsp3) is 0. The molecule has 0 aliphatic carbocycles. The van der Waals surface area contributed by atoms with Crippen LogP contribution >= 0.6 is 0 Å². The Bertz CT molecular complexity index is 22.8. The first kappa shape index (κ1) is 11.9. The van der Waals surface area contributed by atoms with Crippen LogP contribution in [0.3, 0.4) is 0 Å². The van der Waals surface area contributed by atoms with Gasteiger partial charge in [0.25, 0.3) is 0 Å². The van der Waals surface area contributed by atoms with Gasteiger partial charge >= 0.3 is 64.1 Å². The molecular formula is HCa2IO3. The molecule has 0 rings (SSSR count). The Morgan fingerprint density at radius 2 is 1.67 bits per heavy atom. The first-order valence-electron chi connectivity index (χ1n) is 0.871. The predicted octanol–water partition coefficient (Wildman–Crippen LogP) is -6.47. The summed E-state index contributed by atoms with van der Waals surface area (Å²) in [6, 6.07) is 0. The van der Waals surface area contributed by atoms with Gasteiger partial charge in [0.2, 0.25) is 0 Å². The summed E-state index contributed by atoms with van der Waals surface area (Å²) >= 11 is -3.17. The summed E-state index contributed by atoms with van der Waals surface area (Å²) < 4.78 is 22.6. The van der Waals surface area contributed by atoms with E-state index in [-0.39, 0.29) is 74.1 Å². The number of rotatable bonds is 1. The van der Waals surface area contributed by atoms with Gasteiger partial charge in [0.15, 0.2) is 0 Å². The molecule has 30 valence electrons. The van der Waals surface area contributed by atoms with Crippen LogP contribution in [0.1, 0.15) is 0 Å². The summed E-state index contributed by atoms with van der Waals surface area (Å²) in [5, 5.41) is 0. The fourth-order valence-electron chi connectivity index (χ4n) is 0. The molecule has 0 N–H and O–H groups in total. The van der Waals surface area contributed by atoms with E-state index in [1.54, 1.807) is 0 Å². The molecule has 3 nitrogen and oxygen atoms in total. The molecule has 0 aliphatic rings. The average Bonchev–Trinajstić information content (AvgIpc) is 1.38. The molecule has 0 saturated carbocycles. The van der Waals surface area contributed by atoms with E-state index in [0.717, 1.165) is 0 Å². The molecule has 0 aliphatic heterocycles. The van der Waals surface area contributed by atoms with E-state index in [9.17, 15) is 6.87 Å². The van der Waals surface area contributed by atoms with Crippen molar-refractivity contribution in [2.45, 2.75) is 0 Å². The van der Waals surface area contributed by atoms with Gasteiger partial charge < -0.3 is 0 Å². The van der Waals surface area contributed by atoms with E-state index in [2.05, 4.69) is -0.226 Å². The molecule has 6 heteroatoms. The van der Waals surface area contributed by atoms with Crippen molar-refractivity contribution in [1.82, 2.24) is 0 Å². The van der Waals surface area contributed by atoms with Crippen molar-refractivity contribution in [3.63, 3.8) is 0 Å². The van der Waals surface area contributed by atoms with Gasteiger partial charge in [0, 0.05) is 37.7 Å². The van der Waals surface area contributed by atoms with Gasteiger partial charge in [0.1, 0.15) is 0 Å². The quantitative estimate of drug-likeness (QED) is 0.346. The van der Waals surface area contributed by atoms with Crippen molar-refractivity contribution in [2.75, 3.05) is 0 Å². The van der Waals surface area contributed by atoms with Crippen LogP contribution in [0.2, 0.25) is 0 Å². The minimum atomic E-state index is -3.20. The molecule has 6 heavy (non-hydrogen) atoms. The van der Waals surface area contributed by atoms with Crippen LogP contribution in [0.25, 0.3) is 0 Å². The van der Waals surface area contributed by atoms with Crippen LogP contribution in [0, 0.1) is 0 Å². The average molecular weight is 256 g/mol. The van der Waals surface area contributed by atoms with E-state index >= 15 is 0 Å². The van der Waals surface area contributed by atoms with Crippen LogP contribution in [0.5, 0.6) is 0 Å². The Balaban J connectivity index is 0. The summed E-state index contributed by atoms with van der Waals surface area (Å²) in [6.45, 7) is 0. The third-order valence-corrected chi connectivity index (χ3v) is 3.48. The molecule has 0 saturated heterocycles. The summed E-state index contributed by atoms with van der Waals surface area (Å²) in [5.41, 5.74) is 0. The van der Waals surface area contributed by atoms with Crippen molar-refractivity contribution >= 4 is 74.1 Å². The molecule has 0 bridgehead atoms. The van der Waals surface area contributed by atoms with Gasteiger partial charge in [-0.1, -0.05) is 0 Å². The third kappa shape index (κ3) is 10.2. The Morgan fingerprint density at radius 1 is 1.50 bits per heavy atom. The second-order valence-electron chi connectivity index (χ2n) is 0.343. The maximum atomic E-state index is 9.32. The van der Waals surface area contributed by atoms with E-state index in [0.29, 0.717) is 0 Å². The molecular weight excluding hydrogens is 255 g/mol. The first-order valence-corrected chi connectivity index (χ1v) is 4.79. The van der Waals surface area contributed by atoms with Crippen LogP contribution in [-0.2, 0) is -0.226 Å². The van der Waals surface area contributed by atoms with E-state index < -0.39 is 21.1 Å². The fourth-order valence-corrected chi connectivity index (χ4v) is 0. The number of hydrogen-bond donors (Lipinski definition) is 0. The van der Waals surface area contributed by atoms with Crippen LogP contribution < -0.4 is 27.9 Å². The van der Waals surface area contributed by atoms with E-state index in [1.807, 2.05) is 0 Å². The summed E-state index contributed by atoms with van der Waals surface area (Å²) in [5.74, 6) is 0. The van der Waals surface area contributed by atoms with Gasteiger partial charge in [-0.3, -0.25) is 0 Å². The zero-order valence-electron chi connectivity index (χ0n) is 3.31. The molecule has 0 aromatic heterocycles. The predicted molar refractivity (Wildman–Crippen MR) is 14.0 cm³/mol. The monoisotopic (exact) mass is 256 g/mol. The zero-order chi connectivity index (χ0) is 4.28. The topological polar surface area (TPSA) is 55.3 Å². The molecule has 0 aromatic carbocycles. The van der Waals surface area contributed by atoms with Crippen LogP contribution in [0.15, 0.2) is 0 Å². The second kappa shape index (κ2) is 8.13. The molecule has 2 radical (unpaired) electrons. The summed E-state index contributed by atoms with van der Waals surface area (Å²) in [6.07, 6.45) is 0. The Labute approximate surface area is 99.1 Å². The Morgan fingerprint density at radius 3 is 1.67 bits per heavy atom. The van der Waals surface area contributed by atoms with Gasteiger partial charge in [-0.15, -0.1) is 0 Å². The SMILES string of the molecule is [Ca].[O-][I+2]([O-])[O][CaH]. The first-order chi connectivity index (χ1) is 2.27. The molecule has 0 unspecified atom stereocenters. The van der Waals surface area contributed by atoms with E-state index in [4.69, 9.17) is 0 Å². The molecule has 0 atom stereocenters. The second-order valence-corrected chi connectivity index (χ2v) is 5.54. The number of hydrogen-bond acceptors (Lipinski definition) is 3. The Kier molecular flexibility index (Phi) is 16.1. The molecule has 0 aromatic rings. The Hall–Kier alpha value is 3.13. The van der Waals surface area contributed by atoms with Crippen LogP contribution in [0.4, 0.5) is 0 Å². The summed E-state index contributed by atoms with van der Waals surface area (Å²) in [7, 11) is 0. The van der Waals surface area contributed by atoms with Crippen molar-refractivity contribution in [3.8, 4) is 0 Å². The van der Waals surface area contributed by atoms with Gasteiger partial charge in [-0.05, 0) is 0 Å². The van der Waals surface area contributed by atoms with Crippen molar-refractivity contribution < 1.29 is 27.7 Å².